The first-order chi connectivity index (χ1) is 8.29. The molecule has 0 aliphatic rings. The van der Waals surface area contributed by atoms with Gasteiger partial charge in [-0.3, -0.25) is 10.4 Å². The zero-order valence-electron chi connectivity index (χ0n) is 9.47. The van der Waals surface area contributed by atoms with Crippen LogP contribution in [0.1, 0.15) is 16.8 Å². The second-order valence-electron chi connectivity index (χ2n) is 3.95. The minimum Gasteiger partial charge on any atom is -0.384 e. The number of fused-ring (bicyclic) bond motifs is 1. The van der Waals surface area contributed by atoms with Crippen LogP contribution in [0.25, 0.3) is 10.9 Å². The molecule has 0 spiro atoms. The van der Waals surface area contributed by atoms with Gasteiger partial charge in [-0.25, -0.2) is 0 Å². The molecule has 0 atom stereocenters. The van der Waals surface area contributed by atoms with Crippen molar-refractivity contribution in [3.63, 3.8) is 0 Å². The topological polar surface area (TPSA) is 62.8 Å². The van der Waals surface area contributed by atoms with E-state index in [1.807, 2.05) is 0 Å². The zero-order valence-corrected chi connectivity index (χ0v) is 9.47. The Morgan fingerprint density at radius 1 is 1.28 bits per heavy atom. The number of nitrogens with zero attached hydrogens (tertiary/aromatic N) is 1. The molecule has 3 nitrogen and oxygen atoms in total. The van der Waals surface area contributed by atoms with Crippen molar-refractivity contribution in [3.8, 4) is 0 Å². The Labute approximate surface area is 101 Å². The average molecular weight is 253 g/mol. The Kier molecular flexibility index (Phi) is 2.73. The average Bonchev–Trinajstić information content (AvgIpc) is 2.25. The largest absolute Gasteiger partial charge is 0.416 e. The molecule has 0 saturated carbocycles. The summed E-state index contributed by atoms with van der Waals surface area (Å²) in [5, 5.41) is 7.86. The van der Waals surface area contributed by atoms with Crippen LogP contribution in [0.5, 0.6) is 0 Å². The molecule has 18 heavy (non-hydrogen) atoms. The molecule has 0 radical (unpaired) electrons. The molecule has 0 saturated heterocycles. The minimum atomic E-state index is -4.41. The number of nitrogen functional groups attached to an aromatic ring is 1. The van der Waals surface area contributed by atoms with Crippen molar-refractivity contribution in [1.29, 1.82) is 5.41 Å². The number of pyridine rings is 1. The van der Waals surface area contributed by atoms with Crippen molar-refractivity contribution in [2.75, 3.05) is 0 Å². The summed E-state index contributed by atoms with van der Waals surface area (Å²) in [6.07, 6.45) is -4.41. The minimum absolute atomic E-state index is 0.190. The van der Waals surface area contributed by atoms with Crippen LogP contribution in [0, 0.1) is 12.3 Å². The third kappa shape index (κ3) is 2.13. The lowest BCUT2D eigenvalue weighted by molar-refractivity contribution is -0.137. The number of rotatable bonds is 1. The second-order valence-corrected chi connectivity index (χ2v) is 3.95. The summed E-state index contributed by atoms with van der Waals surface area (Å²) in [6.45, 7) is 1.64. The summed E-state index contributed by atoms with van der Waals surface area (Å²) in [5.41, 5.74) is 5.75. The van der Waals surface area contributed by atoms with E-state index in [0.717, 1.165) is 12.1 Å². The number of halogens is 3. The van der Waals surface area contributed by atoms with Crippen LogP contribution >= 0.6 is 0 Å². The lowest BCUT2D eigenvalue weighted by atomic mass is 10.0. The third-order valence-corrected chi connectivity index (χ3v) is 2.56. The van der Waals surface area contributed by atoms with E-state index in [-0.39, 0.29) is 11.4 Å². The fourth-order valence-electron chi connectivity index (χ4n) is 1.76. The SMILES string of the molecule is Cc1cc(C(=N)N)c2ccc(C(F)(F)F)cc2n1. The molecule has 0 amide bonds. The Morgan fingerprint density at radius 3 is 2.50 bits per heavy atom. The molecule has 2 aromatic rings. The number of amidine groups is 1. The lowest BCUT2D eigenvalue weighted by Gasteiger charge is -2.10. The van der Waals surface area contributed by atoms with Gasteiger partial charge in [0.2, 0.25) is 0 Å². The summed E-state index contributed by atoms with van der Waals surface area (Å²) in [6, 6.07) is 4.81. The highest BCUT2D eigenvalue weighted by molar-refractivity contribution is 6.06. The van der Waals surface area contributed by atoms with Gasteiger partial charge in [0.15, 0.2) is 0 Å². The van der Waals surface area contributed by atoms with E-state index >= 15 is 0 Å². The molecule has 0 unspecified atom stereocenters. The van der Waals surface area contributed by atoms with Crippen LogP contribution < -0.4 is 5.73 Å². The number of hydrogen-bond donors (Lipinski definition) is 2. The molecule has 3 N–H and O–H groups in total. The Morgan fingerprint density at radius 2 is 1.94 bits per heavy atom. The predicted octanol–water partition coefficient (Wildman–Crippen LogP) is 2.85. The number of hydrogen-bond acceptors (Lipinski definition) is 2. The maximum absolute atomic E-state index is 12.6. The van der Waals surface area contributed by atoms with Crippen molar-refractivity contribution in [1.82, 2.24) is 4.98 Å². The number of alkyl halides is 3. The van der Waals surface area contributed by atoms with Crippen molar-refractivity contribution in [2.24, 2.45) is 5.73 Å². The van der Waals surface area contributed by atoms with Gasteiger partial charge in [-0.2, -0.15) is 13.2 Å². The number of aryl methyl sites for hydroxylation is 1. The molecule has 0 aliphatic carbocycles. The van der Waals surface area contributed by atoms with E-state index in [4.69, 9.17) is 11.1 Å². The molecule has 0 aliphatic heterocycles. The smallest absolute Gasteiger partial charge is 0.384 e. The highest BCUT2D eigenvalue weighted by Crippen LogP contribution is 2.31. The molecule has 0 bridgehead atoms. The quantitative estimate of drug-likeness (QED) is 0.606. The summed E-state index contributed by atoms with van der Waals surface area (Å²) >= 11 is 0. The first kappa shape index (κ1) is 12.3. The molecule has 1 heterocycles. The Hall–Kier alpha value is -2.11. The summed E-state index contributed by atoms with van der Waals surface area (Å²) < 4.78 is 37.7. The van der Waals surface area contributed by atoms with Crippen molar-refractivity contribution < 1.29 is 13.2 Å². The highest BCUT2D eigenvalue weighted by Gasteiger charge is 2.30. The van der Waals surface area contributed by atoms with Gasteiger partial charge in [0.1, 0.15) is 5.84 Å². The standard InChI is InChI=1S/C12H10F3N3/c1-6-4-9(11(16)17)8-3-2-7(12(13,14)15)5-10(8)18-6/h2-5H,1H3,(H3,16,17). The molecule has 6 heteroatoms. The van der Waals surface area contributed by atoms with Gasteiger partial charge in [0.25, 0.3) is 0 Å². The molecule has 1 aromatic carbocycles. The Bertz CT molecular complexity index is 632. The zero-order chi connectivity index (χ0) is 13.5. The normalized spacial score (nSPS) is 11.8. The second kappa shape index (κ2) is 3.97. The summed E-state index contributed by atoms with van der Waals surface area (Å²) in [7, 11) is 0. The van der Waals surface area contributed by atoms with Crippen LogP contribution in [0.4, 0.5) is 13.2 Å². The first-order valence-corrected chi connectivity index (χ1v) is 5.12. The van der Waals surface area contributed by atoms with Crippen LogP contribution in [0.2, 0.25) is 0 Å². The number of aromatic nitrogens is 1. The van der Waals surface area contributed by atoms with E-state index in [1.165, 1.54) is 6.07 Å². The molecule has 94 valence electrons. The van der Waals surface area contributed by atoms with Gasteiger partial charge in [-0.1, -0.05) is 6.07 Å². The van der Waals surface area contributed by atoms with Gasteiger partial charge in [-0.15, -0.1) is 0 Å². The van der Waals surface area contributed by atoms with Gasteiger partial charge in [0.05, 0.1) is 11.1 Å². The van der Waals surface area contributed by atoms with Gasteiger partial charge >= 0.3 is 6.18 Å². The molecular formula is C12H10F3N3. The van der Waals surface area contributed by atoms with E-state index in [2.05, 4.69) is 4.98 Å². The van der Waals surface area contributed by atoms with E-state index in [9.17, 15) is 13.2 Å². The fourth-order valence-corrected chi connectivity index (χ4v) is 1.76. The van der Waals surface area contributed by atoms with Gasteiger partial charge in [-0.05, 0) is 25.1 Å². The van der Waals surface area contributed by atoms with Crippen LogP contribution in [0.3, 0.4) is 0 Å². The van der Waals surface area contributed by atoms with E-state index in [0.29, 0.717) is 16.6 Å². The van der Waals surface area contributed by atoms with E-state index in [1.54, 1.807) is 13.0 Å². The maximum Gasteiger partial charge on any atom is 0.416 e. The maximum atomic E-state index is 12.6. The van der Waals surface area contributed by atoms with Gasteiger partial charge < -0.3 is 5.73 Å². The van der Waals surface area contributed by atoms with Crippen molar-refractivity contribution in [2.45, 2.75) is 13.1 Å². The number of benzene rings is 1. The van der Waals surface area contributed by atoms with E-state index < -0.39 is 11.7 Å². The third-order valence-electron chi connectivity index (χ3n) is 2.56. The fraction of sp³-hybridized carbons (Fsp3) is 0.167. The number of nitrogens with one attached hydrogen (secondary N) is 1. The van der Waals surface area contributed by atoms with Gasteiger partial charge in [0, 0.05) is 16.6 Å². The predicted molar refractivity (Wildman–Crippen MR) is 62.5 cm³/mol. The summed E-state index contributed by atoms with van der Waals surface area (Å²) in [5.74, 6) is -0.190. The molecular weight excluding hydrogens is 243 g/mol. The van der Waals surface area contributed by atoms with Crippen molar-refractivity contribution in [3.05, 3.63) is 41.1 Å². The molecule has 2 rings (SSSR count). The summed E-state index contributed by atoms with van der Waals surface area (Å²) in [4.78, 5) is 4.04. The van der Waals surface area contributed by atoms with Crippen LogP contribution in [-0.2, 0) is 6.18 Å². The first-order valence-electron chi connectivity index (χ1n) is 5.12. The molecule has 1 aromatic heterocycles. The highest BCUT2D eigenvalue weighted by atomic mass is 19.4. The number of nitrogens with two attached hydrogens (primary N) is 1. The Balaban J connectivity index is 2.76. The monoisotopic (exact) mass is 253 g/mol. The van der Waals surface area contributed by atoms with Crippen LogP contribution in [-0.4, -0.2) is 10.8 Å². The molecule has 0 fully saturated rings. The van der Waals surface area contributed by atoms with Crippen LogP contribution in [0.15, 0.2) is 24.3 Å². The lowest BCUT2D eigenvalue weighted by Crippen LogP contribution is -2.13. The van der Waals surface area contributed by atoms with Crippen molar-refractivity contribution >= 4 is 16.7 Å².